The lowest BCUT2D eigenvalue weighted by molar-refractivity contribution is -0.156. The molecule has 8 heteroatoms. The monoisotopic (exact) mass is 318 g/mol. The SMILES string of the molecule is CCCC(C(=O)O)C(CC(CC(C)C(=O)O)C(=O)O)C(=O)O. The normalized spacial score (nSPS) is 16.3. The average molecular weight is 318 g/mol. The number of rotatable bonds is 11. The molecule has 0 amide bonds. The van der Waals surface area contributed by atoms with E-state index in [0.717, 1.165) is 0 Å². The molecule has 0 rings (SSSR count). The molecule has 8 nitrogen and oxygen atoms in total. The highest BCUT2D eigenvalue weighted by Crippen LogP contribution is 2.29. The van der Waals surface area contributed by atoms with Crippen LogP contribution in [0, 0.1) is 23.7 Å². The predicted octanol–water partition coefficient (Wildman–Crippen LogP) is 1.39. The Morgan fingerprint density at radius 1 is 0.773 bits per heavy atom. The van der Waals surface area contributed by atoms with Crippen LogP contribution < -0.4 is 0 Å². The van der Waals surface area contributed by atoms with Gasteiger partial charge in [0.2, 0.25) is 0 Å². The van der Waals surface area contributed by atoms with E-state index in [1.165, 1.54) is 6.92 Å². The zero-order valence-electron chi connectivity index (χ0n) is 12.6. The Kier molecular flexibility index (Phi) is 8.14. The minimum Gasteiger partial charge on any atom is -0.481 e. The maximum absolute atomic E-state index is 11.3. The summed E-state index contributed by atoms with van der Waals surface area (Å²) in [6.45, 7) is 3.03. The summed E-state index contributed by atoms with van der Waals surface area (Å²) in [6.07, 6.45) is -0.0801. The van der Waals surface area contributed by atoms with Crippen LogP contribution in [0.1, 0.15) is 39.5 Å². The Labute approximate surface area is 127 Å². The second kappa shape index (κ2) is 9.01. The molecule has 0 bridgehead atoms. The molecule has 4 atom stereocenters. The van der Waals surface area contributed by atoms with Crippen LogP contribution in [0.4, 0.5) is 0 Å². The standard InChI is InChI=1S/C14H22O8/c1-3-4-9(13(19)20)10(14(21)22)6-8(12(17)18)5-7(2)11(15)16/h7-10H,3-6H2,1-2H3,(H,15,16)(H,17,18)(H,19,20)(H,21,22). The van der Waals surface area contributed by atoms with Gasteiger partial charge in [-0.2, -0.15) is 0 Å². The summed E-state index contributed by atoms with van der Waals surface area (Å²) in [7, 11) is 0. The van der Waals surface area contributed by atoms with E-state index < -0.39 is 54.0 Å². The molecule has 0 radical (unpaired) electrons. The van der Waals surface area contributed by atoms with E-state index in [9.17, 15) is 24.3 Å². The van der Waals surface area contributed by atoms with E-state index >= 15 is 0 Å². The molecule has 0 heterocycles. The van der Waals surface area contributed by atoms with Crippen LogP contribution in [-0.2, 0) is 19.2 Å². The second-order valence-electron chi connectivity index (χ2n) is 5.42. The Bertz CT molecular complexity index is 431. The molecular weight excluding hydrogens is 296 g/mol. The topological polar surface area (TPSA) is 149 Å². The fourth-order valence-corrected chi connectivity index (χ4v) is 2.38. The van der Waals surface area contributed by atoms with Gasteiger partial charge in [-0.3, -0.25) is 19.2 Å². The first-order chi connectivity index (χ1) is 10.1. The van der Waals surface area contributed by atoms with Crippen molar-refractivity contribution in [2.24, 2.45) is 23.7 Å². The molecule has 0 aromatic carbocycles. The van der Waals surface area contributed by atoms with E-state index in [1.54, 1.807) is 6.92 Å². The van der Waals surface area contributed by atoms with Crippen molar-refractivity contribution in [2.75, 3.05) is 0 Å². The average Bonchev–Trinajstić information content (AvgIpc) is 2.39. The van der Waals surface area contributed by atoms with Gasteiger partial charge < -0.3 is 20.4 Å². The number of carboxylic acid groups (broad SMARTS) is 4. The van der Waals surface area contributed by atoms with Crippen molar-refractivity contribution in [3.8, 4) is 0 Å². The number of hydrogen-bond acceptors (Lipinski definition) is 4. The lowest BCUT2D eigenvalue weighted by Crippen LogP contribution is -2.34. The summed E-state index contributed by atoms with van der Waals surface area (Å²) < 4.78 is 0. The van der Waals surface area contributed by atoms with Crippen LogP contribution >= 0.6 is 0 Å². The van der Waals surface area contributed by atoms with Gasteiger partial charge in [-0.05, 0) is 19.3 Å². The third-order valence-electron chi connectivity index (χ3n) is 3.67. The van der Waals surface area contributed by atoms with Gasteiger partial charge in [0.25, 0.3) is 0 Å². The number of aliphatic carboxylic acids is 4. The largest absolute Gasteiger partial charge is 0.481 e. The van der Waals surface area contributed by atoms with Crippen molar-refractivity contribution >= 4 is 23.9 Å². The Morgan fingerprint density at radius 3 is 1.59 bits per heavy atom. The molecule has 0 aromatic rings. The Hall–Kier alpha value is -2.12. The van der Waals surface area contributed by atoms with Gasteiger partial charge >= 0.3 is 23.9 Å². The summed E-state index contributed by atoms with van der Waals surface area (Å²) in [5, 5.41) is 36.3. The van der Waals surface area contributed by atoms with Gasteiger partial charge in [0.05, 0.1) is 23.7 Å². The summed E-state index contributed by atoms with van der Waals surface area (Å²) in [6, 6.07) is 0. The molecule has 22 heavy (non-hydrogen) atoms. The minimum atomic E-state index is -1.38. The highest BCUT2D eigenvalue weighted by molar-refractivity contribution is 5.81. The fourth-order valence-electron chi connectivity index (χ4n) is 2.38. The molecule has 0 spiro atoms. The maximum Gasteiger partial charge on any atom is 0.307 e. The van der Waals surface area contributed by atoms with Gasteiger partial charge in [0.1, 0.15) is 0 Å². The van der Waals surface area contributed by atoms with Gasteiger partial charge in [0, 0.05) is 0 Å². The zero-order chi connectivity index (χ0) is 17.4. The predicted molar refractivity (Wildman–Crippen MR) is 74.3 cm³/mol. The summed E-state index contributed by atoms with van der Waals surface area (Å²) in [4.78, 5) is 44.6. The quantitative estimate of drug-likeness (QED) is 0.446. The maximum atomic E-state index is 11.3. The summed E-state index contributed by atoms with van der Waals surface area (Å²) >= 11 is 0. The molecule has 0 fully saturated rings. The third-order valence-corrected chi connectivity index (χ3v) is 3.67. The zero-order valence-corrected chi connectivity index (χ0v) is 12.6. The Morgan fingerprint density at radius 2 is 1.27 bits per heavy atom. The molecule has 4 N–H and O–H groups in total. The first-order valence-corrected chi connectivity index (χ1v) is 7.02. The molecule has 0 aliphatic rings. The van der Waals surface area contributed by atoms with Crippen LogP contribution in [0.5, 0.6) is 0 Å². The molecule has 126 valence electrons. The van der Waals surface area contributed by atoms with Crippen LogP contribution in [0.2, 0.25) is 0 Å². The van der Waals surface area contributed by atoms with Crippen LogP contribution in [0.15, 0.2) is 0 Å². The molecule has 0 aliphatic heterocycles. The highest BCUT2D eigenvalue weighted by atomic mass is 16.4. The first kappa shape index (κ1) is 19.9. The third kappa shape index (κ3) is 6.11. The van der Waals surface area contributed by atoms with Crippen molar-refractivity contribution in [1.82, 2.24) is 0 Å². The van der Waals surface area contributed by atoms with E-state index in [0.29, 0.717) is 6.42 Å². The molecule has 0 aromatic heterocycles. The van der Waals surface area contributed by atoms with Crippen molar-refractivity contribution in [1.29, 1.82) is 0 Å². The summed E-state index contributed by atoms with van der Waals surface area (Å²) in [5.41, 5.74) is 0. The lowest BCUT2D eigenvalue weighted by atomic mass is 9.79. The van der Waals surface area contributed by atoms with Gasteiger partial charge in [-0.25, -0.2) is 0 Å². The van der Waals surface area contributed by atoms with E-state index in [-0.39, 0.29) is 12.8 Å². The van der Waals surface area contributed by atoms with Crippen LogP contribution in [-0.4, -0.2) is 44.3 Å². The van der Waals surface area contributed by atoms with E-state index in [1.807, 2.05) is 0 Å². The van der Waals surface area contributed by atoms with E-state index in [2.05, 4.69) is 0 Å². The number of carboxylic acids is 4. The molecule has 0 saturated heterocycles. The van der Waals surface area contributed by atoms with Crippen molar-refractivity contribution in [2.45, 2.75) is 39.5 Å². The molecule has 0 aliphatic carbocycles. The van der Waals surface area contributed by atoms with Crippen LogP contribution in [0.3, 0.4) is 0 Å². The second-order valence-corrected chi connectivity index (χ2v) is 5.42. The van der Waals surface area contributed by atoms with E-state index in [4.69, 9.17) is 15.3 Å². The van der Waals surface area contributed by atoms with Crippen LogP contribution in [0.25, 0.3) is 0 Å². The van der Waals surface area contributed by atoms with Gasteiger partial charge in [0.15, 0.2) is 0 Å². The lowest BCUT2D eigenvalue weighted by Gasteiger charge is -2.24. The van der Waals surface area contributed by atoms with Crippen molar-refractivity contribution in [3.05, 3.63) is 0 Å². The smallest absolute Gasteiger partial charge is 0.307 e. The van der Waals surface area contributed by atoms with Crippen molar-refractivity contribution < 1.29 is 39.6 Å². The summed E-state index contributed by atoms with van der Waals surface area (Å²) in [5.74, 6) is -9.89. The minimum absolute atomic E-state index is 0.118. The van der Waals surface area contributed by atoms with Gasteiger partial charge in [-0.1, -0.05) is 20.3 Å². The first-order valence-electron chi connectivity index (χ1n) is 7.02. The van der Waals surface area contributed by atoms with Crippen molar-refractivity contribution in [3.63, 3.8) is 0 Å². The number of carbonyl (C=O) groups is 4. The molecular formula is C14H22O8. The van der Waals surface area contributed by atoms with Gasteiger partial charge in [-0.15, -0.1) is 0 Å². The Balaban J connectivity index is 5.23. The molecule has 4 unspecified atom stereocenters. The highest BCUT2D eigenvalue weighted by Gasteiger charge is 2.37. The molecule has 0 saturated carbocycles. The fraction of sp³-hybridized carbons (Fsp3) is 0.714. The number of hydrogen-bond donors (Lipinski definition) is 4.